The number of imidazole rings is 1. The molecule has 0 radical (unpaired) electrons. The molecule has 0 saturated carbocycles. The van der Waals surface area contributed by atoms with Crippen molar-refractivity contribution in [3.8, 4) is 45.3 Å². The topological polar surface area (TPSA) is 78.0 Å². The molecule has 0 amide bonds. The van der Waals surface area contributed by atoms with E-state index in [-0.39, 0.29) is 80.3 Å². The van der Waals surface area contributed by atoms with E-state index in [9.17, 15) is 0 Å². The Kier molecular flexibility index (Phi) is 18.1. The minimum absolute atomic E-state index is 0. The van der Waals surface area contributed by atoms with Crippen LogP contribution in [-0.4, -0.2) is 26.7 Å². The molecular weight excluding hydrogens is 1450 g/mol. The molecule has 7 aliphatic heterocycles. The molecule has 0 saturated heterocycles. The zero-order chi connectivity index (χ0) is 77.3. The van der Waals surface area contributed by atoms with Gasteiger partial charge in [0.1, 0.15) is 37.8 Å². The van der Waals surface area contributed by atoms with Crippen LogP contribution in [0, 0.1) is 18.2 Å². The number of hydrogen-bond donors (Lipinski definition) is 1. The van der Waals surface area contributed by atoms with Crippen LogP contribution < -0.4 is 24.1 Å². The van der Waals surface area contributed by atoms with Crippen molar-refractivity contribution in [2.45, 2.75) is 91.6 Å². The second kappa shape index (κ2) is 31.3. The van der Waals surface area contributed by atoms with Crippen LogP contribution in [0.15, 0.2) is 326 Å². The summed E-state index contributed by atoms with van der Waals surface area (Å²) in [5.74, 6) is 3.72. The van der Waals surface area contributed by atoms with E-state index in [1.54, 1.807) is 6.20 Å². The summed E-state index contributed by atoms with van der Waals surface area (Å²) in [7, 11) is 0. The predicted octanol–water partition coefficient (Wildman–Crippen LogP) is 21.2. The predicted molar refractivity (Wildman–Crippen MR) is 419 cm³/mol. The van der Waals surface area contributed by atoms with Crippen LogP contribution >= 0.6 is 0 Å². The van der Waals surface area contributed by atoms with Gasteiger partial charge in [-0.25, -0.2) is 10.1 Å². The minimum Gasteiger partial charge on any atom is -0.537 e. The maximum absolute atomic E-state index is 7.98. The van der Waals surface area contributed by atoms with Crippen LogP contribution in [0.2, 0.25) is 0 Å². The third-order valence-electron chi connectivity index (χ3n) is 18.9. The molecule has 13 aromatic rings. The molecule has 0 fully saturated rings. The van der Waals surface area contributed by atoms with Crippen LogP contribution in [-0.2, 0) is 46.2 Å². The van der Waals surface area contributed by atoms with Crippen molar-refractivity contribution in [1.82, 2.24) is 14.5 Å². The third-order valence-corrected chi connectivity index (χ3v) is 18.9. The normalized spacial score (nSPS) is 15.4. The van der Waals surface area contributed by atoms with E-state index in [0.717, 1.165) is 70.0 Å². The first-order valence-corrected chi connectivity index (χ1v) is 35.0. The van der Waals surface area contributed by atoms with Gasteiger partial charge in [-0.15, -0.1) is 54.6 Å². The molecule has 0 bridgehead atoms. The van der Waals surface area contributed by atoms with Crippen molar-refractivity contribution in [2.24, 2.45) is 10.2 Å². The number of pyridine rings is 2. The van der Waals surface area contributed by atoms with Gasteiger partial charge >= 0.3 is 20.1 Å². The van der Waals surface area contributed by atoms with Gasteiger partial charge in [-0.2, -0.15) is 55.3 Å². The van der Waals surface area contributed by atoms with Crippen molar-refractivity contribution < 1.29 is 44.9 Å². The van der Waals surface area contributed by atoms with E-state index in [2.05, 4.69) is 244 Å². The number of aromatic nitrogens is 4. The molecule has 1 atom stereocenters. The van der Waals surface area contributed by atoms with Crippen LogP contribution in [0.3, 0.4) is 0 Å². The van der Waals surface area contributed by atoms with Gasteiger partial charge in [-0.3, -0.25) is 0 Å². The van der Waals surface area contributed by atoms with Crippen molar-refractivity contribution >= 4 is 44.2 Å². The van der Waals surface area contributed by atoms with Crippen molar-refractivity contribution in [3.63, 3.8) is 0 Å². The number of anilines is 2. The number of para-hydroxylation sites is 3. The van der Waals surface area contributed by atoms with Gasteiger partial charge in [0.2, 0.25) is 5.69 Å². The molecule has 104 heavy (non-hydrogen) atoms. The molecule has 512 valence electrons. The first-order chi connectivity index (χ1) is 53.8. The fourth-order valence-corrected chi connectivity index (χ4v) is 14.0. The summed E-state index contributed by atoms with van der Waals surface area (Å²) in [4.78, 5) is 8.94. The summed E-state index contributed by atoms with van der Waals surface area (Å²) in [5, 5.41) is 17.4. The van der Waals surface area contributed by atoms with E-state index < -0.39 is 12.1 Å². The molecule has 0 aliphatic carbocycles. The van der Waals surface area contributed by atoms with Crippen molar-refractivity contribution in [3.05, 3.63) is 379 Å². The quantitative estimate of drug-likeness (QED) is 0.0745. The molecule has 20 rings (SSSR count). The van der Waals surface area contributed by atoms with Gasteiger partial charge in [0.25, 0.3) is 5.82 Å². The molecular formula is C93H82IrN9O+2. The second-order valence-electron chi connectivity index (χ2n) is 26.6. The van der Waals surface area contributed by atoms with Gasteiger partial charge in [-0.05, 0) is 95.7 Å². The Hall–Kier alpha value is -11.6. The Balaban J connectivity index is 0.000000113. The van der Waals surface area contributed by atoms with E-state index in [0.29, 0.717) is 29.3 Å². The summed E-state index contributed by atoms with van der Waals surface area (Å²) in [6.45, 7) is 19.0. The fourth-order valence-electron chi connectivity index (χ4n) is 14.0. The summed E-state index contributed by atoms with van der Waals surface area (Å²) < 4.78 is 74.3. The fraction of sp³-hybridized carbons (Fsp3) is 0.151. The molecule has 1 unspecified atom stereocenters. The monoisotopic (exact) mass is 1540 g/mol. The standard InChI is InChI=1S/C22H25N2.C18H17N3.C16H10O.C14H12N2.C12H10N.C11H8N.Ir/c1-15(2)18-10-7-11-19(16(3)4)21(18)24-13-12-23-14-17-8-5-6-9-20(17)22(23)24;1-11(2)20-21-17-15-8-4-3-7-13(15)14-9-5-6-12-10-19-18(17)16(12)14;1-12-15(13-7-3-2-4-8-13)11-14-9-5-6-10-16(14)17-12;1-2-7-13-11(5-1)9-14-15-8-4-3-6-12(15)10-16(13)14;1-2-6-11-10(5-1)9-13-8-4-3-7-12(11)13;1-2-6-10(7-3-1)11-8-4-5-9-12-11;/h5-13,15-16H,14H2,1-4H3;3-9,11,19H,10H2,1-2H3;2-7,9-10H,1H2;1-8,10,14H,9H2;1-8H,9H2;1-6,8-9H;/q+1;;-2;;+1;-1;+3/i;;;;1D,2D,3D,4D,5D,6D,7D,8D;;. The Labute approximate surface area is 636 Å². The number of nitrogens with zero attached hydrogens (tertiary/aromatic N) is 8. The summed E-state index contributed by atoms with van der Waals surface area (Å²) in [6, 6.07) is 72.6. The maximum atomic E-state index is 7.98. The largest absolute Gasteiger partial charge is 3.00 e. The molecule has 0 spiro atoms. The number of azo groups is 1. The molecule has 1 N–H and O–H groups in total. The molecule has 7 aliphatic rings. The van der Waals surface area contributed by atoms with Gasteiger partial charge < -0.3 is 24.8 Å². The van der Waals surface area contributed by atoms with Crippen molar-refractivity contribution in [2.75, 3.05) is 10.2 Å². The summed E-state index contributed by atoms with van der Waals surface area (Å²) >= 11 is 0. The van der Waals surface area contributed by atoms with E-state index in [1.165, 1.54) is 77.0 Å². The summed E-state index contributed by atoms with van der Waals surface area (Å²) in [5.41, 5.74) is 19.9. The number of ether oxygens (including phenoxy) is 1. The number of benzene rings is 10. The zero-order valence-corrected chi connectivity index (χ0v) is 61.2. The molecule has 11 heteroatoms. The maximum Gasteiger partial charge on any atom is 3.00 e. The number of rotatable bonds is 7. The van der Waals surface area contributed by atoms with Gasteiger partial charge in [-0.1, -0.05) is 185 Å². The van der Waals surface area contributed by atoms with Crippen LogP contribution in [0.4, 0.5) is 17.1 Å². The Morgan fingerprint density at radius 3 is 2.10 bits per heavy atom. The van der Waals surface area contributed by atoms with E-state index in [1.807, 2.05) is 105 Å². The molecule has 10 heterocycles. The van der Waals surface area contributed by atoms with Crippen LogP contribution in [0.1, 0.15) is 109 Å². The zero-order valence-electron chi connectivity index (χ0n) is 66.8. The Morgan fingerprint density at radius 1 is 0.635 bits per heavy atom. The SMILES string of the molecule is C1=CC2=CN3c4ccccc4CC3N2C=C1.C=C1Oc2ccccc2[C-]=C1c1[c-]cccc1.CC(C)N=Nc1c2c3c(cccc3c3ccccc13)CN2.CC(C)c1cccc(C(C)C)c1-n1cc[n+]2c1-c1ccccc1C2.[2H]c1c([2H])c([2H])c2c(c1[2H])C[n+]1c([2H])c([2H])c([2H])c([2H])c1-2.[Ir+3].[c-]1ccccc1-c1ccccn1. The first-order valence-electron chi connectivity index (χ1n) is 39.0. The Morgan fingerprint density at radius 2 is 1.32 bits per heavy atom. The third kappa shape index (κ3) is 14.3. The Bertz CT molecular complexity index is 5810. The van der Waals surface area contributed by atoms with Crippen LogP contribution in [0.5, 0.6) is 5.75 Å². The number of nitrogens with one attached hydrogen (secondary N) is 1. The van der Waals surface area contributed by atoms with Gasteiger partial charge in [0.15, 0.2) is 12.7 Å². The molecule has 10 aromatic carbocycles. The molecule has 3 aromatic heterocycles. The van der Waals surface area contributed by atoms with Crippen LogP contribution in [0.25, 0.3) is 66.7 Å². The average Bonchev–Trinajstić information content (AvgIpc) is 1.48. The van der Waals surface area contributed by atoms with Crippen molar-refractivity contribution in [1.29, 1.82) is 0 Å². The smallest absolute Gasteiger partial charge is 0.537 e. The van der Waals surface area contributed by atoms with E-state index >= 15 is 0 Å². The number of fused-ring (bicyclic) bond motifs is 14. The average molecular weight is 1540 g/mol. The number of allylic oxidation sites excluding steroid dienone is 4. The first kappa shape index (κ1) is 60.0. The van der Waals surface area contributed by atoms with Gasteiger partial charge in [0, 0.05) is 88.1 Å². The number of hydrogen-bond acceptors (Lipinski definition) is 7. The van der Waals surface area contributed by atoms with E-state index in [4.69, 9.17) is 15.7 Å². The summed E-state index contributed by atoms with van der Waals surface area (Å²) in [6.07, 6.45) is 21.6. The second-order valence-corrected chi connectivity index (χ2v) is 26.6. The molecule has 10 nitrogen and oxygen atoms in total. The van der Waals surface area contributed by atoms with Gasteiger partial charge in [0.05, 0.1) is 43.9 Å². The minimum atomic E-state index is -0.411.